The summed E-state index contributed by atoms with van der Waals surface area (Å²) in [6.45, 7) is 0. The molecule has 0 unspecified atom stereocenters. The van der Waals surface area contributed by atoms with Gasteiger partial charge < -0.3 is 5.73 Å². The van der Waals surface area contributed by atoms with Crippen molar-refractivity contribution in [1.82, 2.24) is 10.2 Å². The summed E-state index contributed by atoms with van der Waals surface area (Å²) >= 11 is 6.92. The Kier molecular flexibility index (Phi) is 2.71. The van der Waals surface area contributed by atoms with Crippen molar-refractivity contribution in [3.63, 3.8) is 0 Å². The highest BCUT2D eigenvalue weighted by molar-refractivity contribution is 7.18. The maximum absolute atomic E-state index is 10.6. The molecule has 0 saturated heterocycles. The van der Waals surface area contributed by atoms with Crippen LogP contribution >= 0.6 is 22.9 Å². The average molecular weight is 257 g/mol. The minimum Gasteiger partial charge on any atom is -0.374 e. The van der Waals surface area contributed by atoms with E-state index in [9.17, 15) is 10.1 Å². The lowest BCUT2D eigenvalue weighted by Gasteiger charge is -1.97. The van der Waals surface area contributed by atoms with Gasteiger partial charge in [0.15, 0.2) is 0 Å². The molecule has 0 bridgehead atoms. The Labute approximate surface area is 98.8 Å². The van der Waals surface area contributed by atoms with Gasteiger partial charge in [-0.2, -0.15) is 0 Å². The van der Waals surface area contributed by atoms with E-state index in [-0.39, 0.29) is 10.7 Å². The fourth-order valence-electron chi connectivity index (χ4n) is 1.15. The second-order valence-corrected chi connectivity index (χ2v) is 4.35. The minimum atomic E-state index is -0.514. The van der Waals surface area contributed by atoms with E-state index >= 15 is 0 Å². The predicted octanol–water partition coefficient (Wildman–Crippen LogP) is 2.35. The largest absolute Gasteiger partial charge is 0.374 e. The van der Waals surface area contributed by atoms with Gasteiger partial charge in [0.2, 0.25) is 5.13 Å². The molecule has 8 heteroatoms. The lowest BCUT2D eigenvalue weighted by Crippen LogP contribution is -1.88. The molecule has 0 aliphatic heterocycles. The third-order valence-corrected chi connectivity index (χ3v) is 2.80. The first kappa shape index (κ1) is 10.8. The summed E-state index contributed by atoms with van der Waals surface area (Å²) in [5.74, 6) is 0. The molecule has 0 aliphatic rings. The third kappa shape index (κ3) is 2.10. The number of benzene rings is 1. The molecule has 2 N–H and O–H groups in total. The van der Waals surface area contributed by atoms with Crippen LogP contribution in [-0.2, 0) is 0 Å². The van der Waals surface area contributed by atoms with Gasteiger partial charge in [-0.25, -0.2) is 0 Å². The smallest absolute Gasteiger partial charge is 0.271 e. The zero-order chi connectivity index (χ0) is 11.7. The first-order chi connectivity index (χ1) is 7.56. The van der Waals surface area contributed by atoms with Crippen LogP contribution in [0, 0.1) is 10.1 Å². The van der Waals surface area contributed by atoms with E-state index in [0.717, 1.165) is 11.3 Å². The normalized spacial score (nSPS) is 10.3. The van der Waals surface area contributed by atoms with Gasteiger partial charge in [-0.15, -0.1) is 10.2 Å². The maximum Gasteiger partial charge on any atom is 0.271 e. The van der Waals surface area contributed by atoms with Crippen LogP contribution in [0.3, 0.4) is 0 Å². The fourth-order valence-corrected chi connectivity index (χ4v) is 1.98. The molecule has 0 fully saturated rings. The Morgan fingerprint density at radius 3 is 2.69 bits per heavy atom. The van der Waals surface area contributed by atoms with Crippen LogP contribution in [0.4, 0.5) is 10.8 Å². The molecule has 0 aliphatic carbocycles. The van der Waals surface area contributed by atoms with Gasteiger partial charge in [0.1, 0.15) is 5.01 Å². The molecule has 82 valence electrons. The molecule has 1 aromatic carbocycles. The second kappa shape index (κ2) is 4.03. The van der Waals surface area contributed by atoms with E-state index in [2.05, 4.69) is 10.2 Å². The van der Waals surface area contributed by atoms with Crippen LogP contribution in [0.2, 0.25) is 5.02 Å². The maximum atomic E-state index is 10.6. The summed E-state index contributed by atoms with van der Waals surface area (Å²) < 4.78 is 0. The molecule has 2 aromatic rings. The number of nitrogens with two attached hydrogens (primary N) is 1. The number of nitrogens with zero attached hydrogens (tertiary/aromatic N) is 3. The van der Waals surface area contributed by atoms with E-state index in [1.54, 1.807) is 6.07 Å². The SMILES string of the molecule is Nc1nnc(-c2cc(Cl)cc([N+](=O)[O-])c2)s1. The Bertz CT molecular complexity index is 557. The highest BCUT2D eigenvalue weighted by atomic mass is 35.5. The summed E-state index contributed by atoms with van der Waals surface area (Å²) in [6, 6.07) is 4.23. The average Bonchev–Trinajstić information content (AvgIpc) is 2.64. The van der Waals surface area contributed by atoms with E-state index < -0.39 is 4.92 Å². The number of nitro groups is 1. The Morgan fingerprint density at radius 1 is 1.38 bits per heavy atom. The lowest BCUT2D eigenvalue weighted by atomic mass is 10.2. The van der Waals surface area contributed by atoms with Gasteiger partial charge in [0, 0.05) is 22.7 Å². The van der Waals surface area contributed by atoms with Gasteiger partial charge in [0.05, 0.1) is 4.92 Å². The highest BCUT2D eigenvalue weighted by Crippen LogP contribution is 2.30. The van der Waals surface area contributed by atoms with Gasteiger partial charge >= 0.3 is 0 Å². The highest BCUT2D eigenvalue weighted by Gasteiger charge is 2.12. The first-order valence-corrected chi connectivity index (χ1v) is 5.30. The van der Waals surface area contributed by atoms with E-state index in [0.29, 0.717) is 15.7 Å². The quantitative estimate of drug-likeness (QED) is 0.657. The zero-order valence-electron chi connectivity index (χ0n) is 7.75. The summed E-state index contributed by atoms with van der Waals surface area (Å²) in [6.07, 6.45) is 0. The van der Waals surface area contributed by atoms with Crippen molar-refractivity contribution < 1.29 is 4.92 Å². The van der Waals surface area contributed by atoms with Crippen molar-refractivity contribution in [2.24, 2.45) is 0 Å². The fraction of sp³-hybridized carbons (Fsp3) is 0. The monoisotopic (exact) mass is 256 g/mol. The molecular weight excluding hydrogens is 252 g/mol. The van der Waals surface area contributed by atoms with Crippen molar-refractivity contribution in [2.75, 3.05) is 5.73 Å². The molecule has 6 nitrogen and oxygen atoms in total. The number of nitrogen functional groups attached to an aromatic ring is 1. The van der Waals surface area contributed by atoms with Gasteiger partial charge in [-0.05, 0) is 6.07 Å². The van der Waals surface area contributed by atoms with Gasteiger partial charge in [-0.1, -0.05) is 22.9 Å². The molecule has 1 heterocycles. The molecule has 2 rings (SSSR count). The molecule has 0 radical (unpaired) electrons. The number of anilines is 1. The van der Waals surface area contributed by atoms with Gasteiger partial charge in [0.25, 0.3) is 5.69 Å². The molecular formula is C8H5ClN4O2S. The number of nitro benzene ring substituents is 1. The minimum absolute atomic E-state index is 0.0868. The number of aromatic nitrogens is 2. The standard InChI is InChI=1S/C8H5ClN4O2S/c9-5-1-4(2-6(3-5)13(14)15)7-11-12-8(10)16-7/h1-3H,(H2,10,12). The molecule has 0 saturated carbocycles. The first-order valence-electron chi connectivity index (χ1n) is 4.10. The summed E-state index contributed by atoms with van der Waals surface area (Å²) in [5, 5.41) is 19.1. The van der Waals surface area contributed by atoms with Crippen LogP contribution in [0.5, 0.6) is 0 Å². The molecule has 16 heavy (non-hydrogen) atoms. The molecule has 0 amide bonds. The third-order valence-electron chi connectivity index (χ3n) is 1.78. The van der Waals surface area contributed by atoms with Crippen molar-refractivity contribution in [2.45, 2.75) is 0 Å². The van der Waals surface area contributed by atoms with Crippen LogP contribution in [0.25, 0.3) is 10.6 Å². The van der Waals surface area contributed by atoms with Crippen molar-refractivity contribution in [1.29, 1.82) is 0 Å². The van der Waals surface area contributed by atoms with Crippen LogP contribution < -0.4 is 5.73 Å². The Hall–Kier alpha value is -1.73. The van der Waals surface area contributed by atoms with Crippen molar-refractivity contribution in [3.8, 4) is 10.6 Å². The van der Waals surface area contributed by atoms with E-state index in [1.807, 2.05) is 0 Å². The zero-order valence-corrected chi connectivity index (χ0v) is 9.33. The molecule has 1 aromatic heterocycles. The second-order valence-electron chi connectivity index (χ2n) is 2.90. The van der Waals surface area contributed by atoms with E-state index in [1.165, 1.54) is 12.1 Å². The lowest BCUT2D eigenvalue weighted by molar-refractivity contribution is -0.384. The number of hydrogen-bond acceptors (Lipinski definition) is 6. The molecule has 0 atom stereocenters. The summed E-state index contributed by atoms with van der Waals surface area (Å²) in [7, 11) is 0. The van der Waals surface area contributed by atoms with Crippen LogP contribution in [0.1, 0.15) is 0 Å². The van der Waals surface area contributed by atoms with Crippen LogP contribution in [0.15, 0.2) is 18.2 Å². The summed E-state index contributed by atoms with van der Waals surface area (Å²) in [4.78, 5) is 10.1. The molecule has 0 spiro atoms. The number of rotatable bonds is 2. The van der Waals surface area contributed by atoms with E-state index in [4.69, 9.17) is 17.3 Å². The predicted molar refractivity (Wildman–Crippen MR) is 61.4 cm³/mol. The van der Waals surface area contributed by atoms with Crippen molar-refractivity contribution in [3.05, 3.63) is 33.3 Å². The van der Waals surface area contributed by atoms with Crippen molar-refractivity contribution >= 4 is 33.8 Å². The number of hydrogen-bond donors (Lipinski definition) is 1. The number of non-ortho nitro benzene ring substituents is 1. The van der Waals surface area contributed by atoms with Crippen LogP contribution in [-0.4, -0.2) is 15.1 Å². The Balaban J connectivity index is 2.53. The van der Waals surface area contributed by atoms with Gasteiger partial charge in [-0.3, -0.25) is 10.1 Å². The number of halogens is 1. The topological polar surface area (TPSA) is 94.9 Å². The Morgan fingerprint density at radius 2 is 2.12 bits per heavy atom. The summed E-state index contributed by atoms with van der Waals surface area (Å²) in [5.41, 5.74) is 5.88.